The van der Waals surface area contributed by atoms with E-state index in [4.69, 9.17) is 16.0 Å². The van der Waals surface area contributed by atoms with Gasteiger partial charge >= 0.3 is 0 Å². The Balaban J connectivity index is 1.96. The van der Waals surface area contributed by atoms with E-state index in [1.807, 2.05) is 6.07 Å². The van der Waals surface area contributed by atoms with E-state index < -0.39 is 0 Å². The molecule has 0 bridgehead atoms. The highest BCUT2D eigenvalue weighted by molar-refractivity contribution is 6.30. The summed E-state index contributed by atoms with van der Waals surface area (Å²) < 4.78 is 5.15. The number of nitrogens with zero attached hydrogens (tertiary/aromatic N) is 1. The van der Waals surface area contributed by atoms with Crippen LogP contribution in [0.2, 0.25) is 5.02 Å². The highest BCUT2D eigenvalue weighted by Crippen LogP contribution is 2.10. The monoisotopic (exact) mass is 288 g/mol. The molecule has 20 heavy (non-hydrogen) atoms. The molecule has 1 aromatic carbocycles. The molecule has 0 fully saturated rings. The van der Waals surface area contributed by atoms with Crippen LogP contribution < -0.4 is 5.43 Å². The lowest BCUT2D eigenvalue weighted by Gasteiger charge is -2.00. The molecule has 4 nitrogen and oxygen atoms in total. The molecule has 1 aromatic heterocycles. The summed E-state index contributed by atoms with van der Waals surface area (Å²) in [5.41, 5.74) is 3.58. The van der Waals surface area contributed by atoms with E-state index in [1.165, 1.54) is 0 Å². The Kier molecular flexibility index (Phi) is 4.74. The highest BCUT2D eigenvalue weighted by atomic mass is 35.5. The summed E-state index contributed by atoms with van der Waals surface area (Å²) in [6.45, 7) is 1.78. The molecule has 102 valence electrons. The number of amides is 1. The van der Waals surface area contributed by atoms with Crippen LogP contribution in [0.1, 0.15) is 23.0 Å². The van der Waals surface area contributed by atoms with Crippen LogP contribution in [0.25, 0.3) is 6.08 Å². The molecule has 0 aliphatic carbocycles. The van der Waals surface area contributed by atoms with E-state index in [1.54, 1.807) is 55.7 Å². The van der Waals surface area contributed by atoms with Crippen molar-refractivity contribution >= 4 is 29.3 Å². The van der Waals surface area contributed by atoms with Gasteiger partial charge in [-0.3, -0.25) is 4.79 Å². The largest absolute Gasteiger partial charge is 0.465 e. The van der Waals surface area contributed by atoms with Crippen LogP contribution in [0, 0.1) is 0 Å². The third-order valence-corrected chi connectivity index (χ3v) is 2.69. The summed E-state index contributed by atoms with van der Waals surface area (Å²) in [4.78, 5) is 11.8. The first-order chi connectivity index (χ1) is 9.65. The fourth-order valence-electron chi connectivity index (χ4n) is 1.46. The maximum atomic E-state index is 11.8. The van der Waals surface area contributed by atoms with Gasteiger partial charge in [0.2, 0.25) is 0 Å². The number of nitrogens with one attached hydrogen (secondary N) is 1. The number of carbonyl (C=O) groups excluding carboxylic acids is 1. The Morgan fingerprint density at radius 3 is 2.90 bits per heavy atom. The quantitative estimate of drug-likeness (QED) is 0.688. The van der Waals surface area contributed by atoms with E-state index in [0.717, 1.165) is 5.76 Å². The lowest BCUT2D eigenvalue weighted by molar-refractivity contribution is 0.0955. The molecule has 1 amide bonds. The predicted molar refractivity (Wildman–Crippen MR) is 79.8 cm³/mol. The Morgan fingerprint density at radius 1 is 1.35 bits per heavy atom. The molecule has 2 rings (SSSR count). The van der Waals surface area contributed by atoms with Crippen LogP contribution in [0.4, 0.5) is 0 Å². The molecule has 2 aromatic rings. The summed E-state index contributed by atoms with van der Waals surface area (Å²) in [7, 11) is 0. The van der Waals surface area contributed by atoms with Crippen molar-refractivity contribution in [2.75, 3.05) is 0 Å². The van der Waals surface area contributed by atoms with Gasteiger partial charge in [-0.1, -0.05) is 17.7 Å². The summed E-state index contributed by atoms with van der Waals surface area (Å²) in [6.07, 6.45) is 5.11. The first-order valence-corrected chi connectivity index (χ1v) is 6.35. The molecule has 1 N–H and O–H groups in total. The summed E-state index contributed by atoms with van der Waals surface area (Å²) >= 11 is 5.82. The number of hydrazone groups is 1. The van der Waals surface area contributed by atoms with Crippen LogP contribution in [-0.4, -0.2) is 11.6 Å². The Hall–Kier alpha value is -2.33. The topological polar surface area (TPSA) is 54.6 Å². The third-order valence-electron chi connectivity index (χ3n) is 2.45. The van der Waals surface area contributed by atoms with E-state index in [-0.39, 0.29) is 5.91 Å². The second kappa shape index (κ2) is 6.73. The van der Waals surface area contributed by atoms with E-state index in [2.05, 4.69) is 10.5 Å². The number of carbonyl (C=O) groups is 1. The first kappa shape index (κ1) is 14.1. The van der Waals surface area contributed by atoms with Gasteiger partial charge in [0.25, 0.3) is 5.91 Å². The van der Waals surface area contributed by atoms with Crippen molar-refractivity contribution in [1.82, 2.24) is 5.43 Å². The maximum absolute atomic E-state index is 11.8. The normalized spacial score (nSPS) is 11.8. The number of furan rings is 1. The molecular weight excluding hydrogens is 276 g/mol. The minimum Gasteiger partial charge on any atom is -0.465 e. The fourth-order valence-corrected chi connectivity index (χ4v) is 1.65. The van der Waals surface area contributed by atoms with Crippen molar-refractivity contribution in [3.05, 3.63) is 65.1 Å². The summed E-state index contributed by atoms with van der Waals surface area (Å²) in [6, 6.07) is 10.3. The lowest BCUT2D eigenvalue weighted by atomic mass is 10.2. The van der Waals surface area contributed by atoms with Crippen LogP contribution in [0.15, 0.2) is 58.3 Å². The van der Waals surface area contributed by atoms with Crippen LogP contribution in [-0.2, 0) is 0 Å². The molecule has 0 aliphatic rings. The van der Waals surface area contributed by atoms with Crippen molar-refractivity contribution in [2.24, 2.45) is 5.10 Å². The molecule has 0 radical (unpaired) electrons. The number of allylic oxidation sites excluding steroid dienone is 1. The van der Waals surface area contributed by atoms with E-state index >= 15 is 0 Å². The van der Waals surface area contributed by atoms with Gasteiger partial charge in [-0.25, -0.2) is 5.43 Å². The van der Waals surface area contributed by atoms with Crippen molar-refractivity contribution in [2.45, 2.75) is 6.92 Å². The summed E-state index contributed by atoms with van der Waals surface area (Å²) in [5.74, 6) is 0.416. The summed E-state index contributed by atoms with van der Waals surface area (Å²) in [5, 5.41) is 4.49. The van der Waals surface area contributed by atoms with Crippen molar-refractivity contribution in [3.63, 3.8) is 0 Å². The second-order valence-electron chi connectivity index (χ2n) is 4.05. The van der Waals surface area contributed by atoms with Crippen molar-refractivity contribution < 1.29 is 9.21 Å². The minimum absolute atomic E-state index is 0.307. The predicted octanol–water partition coefficient (Wildman–Crippen LogP) is 3.75. The van der Waals surface area contributed by atoms with Crippen molar-refractivity contribution in [3.8, 4) is 0 Å². The molecule has 0 unspecified atom stereocenters. The van der Waals surface area contributed by atoms with Gasteiger partial charge in [-0.15, -0.1) is 0 Å². The van der Waals surface area contributed by atoms with Gasteiger partial charge in [0, 0.05) is 10.6 Å². The van der Waals surface area contributed by atoms with Gasteiger partial charge in [0.15, 0.2) is 0 Å². The van der Waals surface area contributed by atoms with Crippen molar-refractivity contribution in [1.29, 1.82) is 0 Å². The third kappa shape index (κ3) is 4.10. The Bertz CT molecular complexity index is 646. The molecule has 0 spiro atoms. The van der Waals surface area contributed by atoms with Gasteiger partial charge in [0.1, 0.15) is 5.76 Å². The maximum Gasteiger partial charge on any atom is 0.271 e. The number of rotatable bonds is 4. The molecule has 0 saturated carbocycles. The van der Waals surface area contributed by atoms with Crippen LogP contribution in [0.3, 0.4) is 0 Å². The Morgan fingerprint density at radius 2 is 2.20 bits per heavy atom. The zero-order valence-corrected chi connectivity index (χ0v) is 11.6. The smallest absolute Gasteiger partial charge is 0.271 e. The molecule has 5 heteroatoms. The average molecular weight is 289 g/mol. The first-order valence-electron chi connectivity index (χ1n) is 5.97. The average Bonchev–Trinajstić information content (AvgIpc) is 2.95. The van der Waals surface area contributed by atoms with Crippen LogP contribution in [0.5, 0.6) is 0 Å². The van der Waals surface area contributed by atoms with E-state index in [0.29, 0.717) is 16.3 Å². The zero-order chi connectivity index (χ0) is 14.4. The van der Waals surface area contributed by atoms with Crippen LogP contribution >= 0.6 is 11.6 Å². The number of hydrogen-bond acceptors (Lipinski definition) is 3. The van der Waals surface area contributed by atoms with Gasteiger partial charge in [0.05, 0.1) is 12.0 Å². The second-order valence-corrected chi connectivity index (χ2v) is 4.49. The van der Waals surface area contributed by atoms with E-state index in [9.17, 15) is 4.79 Å². The standard InChI is InChI=1S/C15H13ClN2O2/c1-11(7-8-14-6-3-9-20-14)17-18-15(19)12-4-2-5-13(16)10-12/h2-10H,1H3,(H,18,19)/b8-7+,17-11+. The van der Waals surface area contributed by atoms with Gasteiger partial charge in [-0.05, 0) is 49.4 Å². The number of halogens is 1. The zero-order valence-electron chi connectivity index (χ0n) is 10.8. The molecule has 1 heterocycles. The number of benzene rings is 1. The lowest BCUT2D eigenvalue weighted by Crippen LogP contribution is -2.18. The number of hydrogen-bond donors (Lipinski definition) is 1. The van der Waals surface area contributed by atoms with Gasteiger partial charge < -0.3 is 4.42 Å². The minimum atomic E-state index is -0.307. The Labute approximate surface area is 121 Å². The SMILES string of the molecule is CC(/C=C/c1ccco1)=N\NC(=O)c1cccc(Cl)c1. The molecule has 0 aliphatic heterocycles. The highest BCUT2D eigenvalue weighted by Gasteiger charge is 2.04. The fraction of sp³-hybridized carbons (Fsp3) is 0.0667. The molecule has 0 atom stereocenters. The molecular formula is C15H13ClN2O2. The van der Waals surface area contributed by atoms with Gasteiger partial charge in [-0.2, -0.15) is 5.10 Å². The molecule has 0 saturated heterocycles.